The molecule has 4 heteroatoms. The molecule has 2 N–H and O–H groups in total. The van der Waals surface area contributed by atoms with Gasteiger partial charge in [-0.3, -0.25) is 0 Å². The van der Waals surface area contributed by atoms with E-state index in [-0.39, 0.29) is 39.5 Å². The van der Waals surface area contributed by atoms with Crippen LogP contribution in [0.1, 0.15) is 29.7 Å². The first kappa shape index (κ1) is 30.1. The molecule has 0 aliphatic rings. The molecule has 0 fully saturated rings. The molecule has 0 aliphatic heterocycles. The predicted molar refractivity (Wildman–Crippen MR) is 66.5 cm³/mol. The van der Waals surface area contributed by atoms with E-state index in [9.17, 15) is 0 Å². The zero-order valence-corrected chi connectivity index (χ0v) is 7.85. The van der Waals surface area contributed by atoms with Gasteiger partial charge in [0.1, 0.15) is 0 Å². The second-order valence-electron chi connectivity index (χ2n) is 1.89. The zero-order chi connectivity index (χ0) is 5.70. The van der Waals surface area contributed by atoms with Gasteiger partial charge in [-0.2, -0.15) is 0 Å². The Kier molecular flexibility index (Phi) is 61.5. The summed E-state index contributed by atoms with van der Waals surface area (Å²) in [4.78, 5) is 3.16. The van der Waals surface area contributed by atoms with Gasteiger partial charge in [-0.05, 0) is 7.05 Å². The molecule has 0 unspecified atom stereocenters. The smallest absolute Gasteiger partial charge is 0.160 e. The van der Waals surface area contributed by atoms with E-state index in [0.29, 0.717) is 0 Å². The number of hydrogen-bond acceptors (Lipinski definition) is 2. The van der Waals surface area contributed by atoms with Crippen LogP contribution in [0.2, 0.25) is 13.1 Å². The largest absolute Gasteiger partial charge is 0.355 e. The van der Waals surface area contributed by atoms with E-state index in [1.807, 2.05) is 7.05 Å². The molecule has 0 amide bonds. The van der Waals surface area contributed by atoms with Gasteiger partial charge in [-0.25, -0.2) is 0 Å². The van der Waals surface area contributed by atoms with Crippen LogP contribution in [-0.2, 0) is 0 Å². The van der Waals surface area contributed by atoms with Gasteiger partial charge in [0.25, 0.3) is 0 Å². The second-order valence-corrected chi connectivity index (χ2v) is 6.89. The van der Waals surface area contributed by atoms with Crippen LogP contribution < -0.4 is 9.63 Å². The third-order valence-electron chi connectivity index (χ3n) is 0.687. The van der Waals surface area contributed by atoms with Crippen LogP contribution in [-0.4, -0.2) is 25.8 Å². The lowest BCUT2D eigenvalue weighted by atomic mass is 11.6. The third-order valence-corrected chi connectivity index (χ3v) is 5.12. The highest BCUT2D eigenvalue weighted by Gasteiger charge is 1.88. The van der Waals surface area contributed by atoms with E-state index >= 15 is 0 Å². The van der Waals surface area contributed by atoms with Gasteiger partial charge in [0.15, 0.2) is 9.84 Å². The van der Waals surface area contributed by atoms with E-state index in [2.05, 4.69) is 22.7 Å². The second kappa shape index (κ2) is 22.4. The highest BCUT2D eigenvalue weighted by Crippen LogP contribution is 1.64. The van der Waals surface area contributed by atoms with Crippen LogP contribution >= 0.6 is 0 Å². The Morgan fingerprint density at radius 2 is 1.36 bits per heavy atom. The van der Waals surface area contributed by atoms with E-state index in [0.717, 1.165) is 0 Å². The van der Waals surface area contributed by atoms with Crippen molar-refractivity contribution in [2.24, 2.45) is 0 Å². The molecule has 0 radical (unpaired) electrons. The summed E-state index contributed by atoms with van der Waals surface area (Å²) >= 11 is 0. The Labute approximate surface area is 78.8 Å². The summed E-state index contributed by atoms with van der Waals surface area (Å²) in [6, 6.07) is 0. The van der Waals surface area contributed by atoms with Crippen LogP contribution in [0.25, 0.3) is 0 Å². The Balaban J connectivity index is -0.0000000300. The quantitative estimate of drug-likeness (QED) is 0.669. The molecular formula is C7H30N2Si2. The van der Waals surface area contributed by atoms with Crippen molar-refractivity contribution in [2.75, 3.05) is 7.05 Å². The normalized spacial score (nSPS) is 7.64. The van der Waals surface area contributed by atoms with Crippen molar-refractivity contribution in [2.45, 2.75) is 42.8 Å². The van der Waals surface area contributed by atoms with E-state index in [4.69, 9.17) is 0 Å². The average molecular weight is 199 g/mol. The fourth-order valence-electron chi connectivity index (χ4n) is 0.306. The first-order chi connectivity index (χ1) is 3.27. The highest BCUT2D eigenvalue weighted by atomic mass is 28.3. The minimum Gasteiger partial charge on any atom is -0.355 e. The van der Waals surface area contributed by atoms with Crippen LogP contribution in [0.5, 0.6) is 0 Å². The van der Waals surface area contributed by atoms with Crippen molar-refractivity contribution in [3.63, 3.8) is 0 Å². The maximum Gasteiger partial charge on any atom is 0.160 e. The maximum atomic E-state index is 3.46. The van der Waals surface area contributed by atoms with Gasteiger partial charge < -0.3 is 9.63 Å². The fourth-order valence-corrected chi connectivity index (χ4v) is 2.76. The van der Waals surface area contributed by atoms with Gasteiger partial charge in [0, 0.05) is 0 Å². The molecule has 0 atom stereocenters. The van der Waals surface area contributed by atoms with Crippen LogP contribution in [0, 0.1) is 0 Å². The molecule has 2 nitrogen and oxygen atoms in total. The molecule has 0 aromatic carbocycles. The van der Waals surface area contributed by atoms with E-state index < -0.39 is 8.96 Å². The molecule has 0 bridgehead atoms. The molecule has 11 heavy (non-hydrogen) atoms. The molecular weight excluding hydrogens is 168 g/mol. The highest BCUT2D eigenvalue weighted by molar-refractivity contribution is 6.62. The minimum absolute atomic E-state index is 0. The van der Waals surface area contributed by atoms with Gasteiger partial charge in [0.05, 0.1) is 8.96 Å². The van der Waals surface area contributed by atoms with Crippen molar-refractivity contribution >= 4 is 18.8 Å². The number of hydrogen-bond donors (Lipinski definition) is 2. The van der Waals surface area contributed by atoms with Gasteiger partial charge >= 0.3 is 0 Å². The summed E-state index contributed by atoms with van der Waals surface area (Å²) in [6.45, 7) is 4.59. The lowest BCUT2D eigenvalue weighted by Gasteiger charge is -2.02. The first-order valence-corrected chi connectivity index (χ1v) is 6.95. The molecule has 0 heterocycles. The van der Waals surface area contributed by atoms with Crippen molar-refractivity contribution in [3.05, 3.63) is 0 Å². The average Bonchev–Trinajstić information content (AvgIpc) is 1.61. The molecule has 0 saturated heterocycles. The van der Waals surface area contributed by atoms with Crippen molar-refractivity contribution < 1.29 is 0 Å². The SMILES string of the molecule is C.C.C.C.CN[SiH2]N[SiH](C)C. The molecule has 0 aromatic heterocycles. The van der Waals surface area contributed by atoms with Gasteiger partial charge in [-0.1, -0.05) is 42.8 Å². The summed E-state index contributed by atoms with van der Waals surface area (Å²) in [5.74, 6) is 0. The Bertz CT molecular complexity index is 43.4. The molecule has 76 valence electrons. The fraction of sp³-hybridized carbons (Fsp3) is 1.00. The molecule has 0 spiro atoms. The van der Waals surface area contributed by atoms with Crippen molar-refractivity contribution in [3.8, 4) is 0 Å². The van der Waals surface area contributed by atoms with Gasteiger partial charge in [0.2, 0.25) is 0 Å². The van der Waals surface area contributed by atoms with Crippen molar-refractivity contribution in [1.29, 1.82) is 0 Å². The maximum absolute atomic E-state index is 3.46. The Morgan fingerprint density at radius 3 is 1.45 bits per heavy atom. The topological polar surface area (TPSA) is 24.1 Å². The minimum atomic E-state index is -0.439. The summed E-state index contributed by atoms with van der Waals surface area (Å²) in [6.07, 6.45) is 0. The molecule has 0 saturated carbocycles. The molecule has 0 aliphatic carbocycles. The lowest BCUT2D eigenvalue weighted by molar-refractivity contribution is 1.20. The molecule has 0 aromatic rings. The first-order valence-electron chi connectivity index (χ1n) is 2.65. The molecule has 0 rings (SSSR count). The predicted octanol–water partition coefficient (Wildman–Crippen LogP) is 1.32. The summed E-state index contributed by atoms with van der Waals surface area (Å²) in [7, 11) is 1.51. The third kappa shape index (κ3) is 38.1. The summed E-state index contributed by atoms with van der Waals surface area (Å²) in [5, 5.41) is 0. The number of rotatable bonds is 3. The number of nitrogens with one attached hydrogen (secondary N) is 2. The van der Waals surface area contributed by atoms with Gasteiger partial charge in [-0.15, -0.1) is 0 Å². The van der Waals surface area contributed by atoms with Crippen molar-refractivity contribution in [1.82, 2.24) is 9.63 Å². The standard InChI is InChI=1S/C3H14N2Si2.4CH4/c1-4-6-5-7(2)3;;;;/h4-5,7H,6H2,1-3H3;4*1H4. The summed E-state index contributed by atoms with van der Waals surface area (Å²) in [5.41, 5.74) is 0. The zero-order valence-electron chi connectivity index (χ0n) is 5.28. The monoisotopic (exact) mass is 198 g/mol. The van der Waals surface area contributed by atoms with Crippen LogP contribution in [0.4, 0.5) is 0 Å². The Hall–Kier alpha value is 0.354. The van der Waals surface area contributed by atoms with Crippen LogP contribution in [0.3, 0.4) is 0 Å². The lowest BCUT2D eigenvalue weighted by Crippen LogP contribution is -2.38. The van der Waals surface area contributed by atoms with Crippen LogP contribution in [0.15, 0.2) is 0 Å². The Morgan fingerprint density at radius 1 is 1.00 bits per heavy atom. The van der Waals surface area contributed by atoms with E-state index in [1.54, 1.807) is 0 Å². The van der Waals surface area contributed by atoms with E-state index in [1.165, 1.54) is 0 Å². The summed E-state index contributed by atoms with van der Waals surface area (Å²) < 4.78 is 3.46.